The van der Waals surface area contributed by atoms with Crippen LogP contribution in [0, 0.1) is 0 Å². The Bertz CT molecular complexity index is 1490. The van der Waals surface area contributed by atoms with E-state index in [1.165, 1.54) is 24.3 Å². The Balaban J connectivity index is 1.32. The number of hydrogen-bond donors (Lipinski definition) is 4. The van der Waals surface area contributed by atoms with E-state index in [1.807, 2.05) is 0 Å². The van der Waals surface area contributed by atoms with Crippen molar-refractivity contribution in [1.82, 2.24) is 9.97 Å². The van der Waals surface area contributed by atoms with Gasteiger partial charge in [-0.2, -0.15) is 0 Å². The predicted molar refractivity (Wildman–Crippen MR) is 124 cm³/mol. The molecule has 0 atom stereocenters. The number of rotatable bonds is 4. The highest BCUT2D eigenvalue weighted by atomic mass is 16.3. The number of H-pyrrole nitrogens is 2. The standard InChI is InChI=1S/C24H16N6O4/c31-21(29-27-19-15-5-1-3-7-17(15)25-23(19)33)13-9-11-14(12-10-13)22(32)30-28-20-16-6-2-4-8-18(16)26-24(20)34/h1-12,25-26,33-34H. The summed E-state index contributed by atoms with van der Waals surface area (Å²) in [6.45, 7) is 0. The molecular formula is C24H16N6O4. The summed E-state index contributed by atoms with van der Waals surface area (Å²) in [6, 6.07) is 19.9. The molecule has 2 heterocycles. The van der Waals surface area contributed by atoms with Crippen LogP contribution in [0.1, 0.15) is 20.7 Å². The van der Waals surface area contributed by atoms with Gasteiger partial charge in [0.25, 0.3) is 11.8 Å². The van der Waals surface area contributed by atoms with E-state index in [4.69, 9.17) is 0 Å². The Morgan fingerprint density at radius 3 is 1.38 bits per heavy atom. The zero-order valence-corrected chi connectivity index (χ0v) is 17.4. The lowest BCUT2D eigenvalue weighted by atomic mass is 10.1. The predicted octanol–water partition coefficient (Wildman–Crippen LogP) is 5.91. The van der Waals surface area contributed by atoms with Crippen LogP contribution in [0.2, 0.25) is 0 Å². The summed E-state index contributed by atoms with van der Waals surface area (Å²) in [4.78, 5) is 30.3. The molecule has 10 heteroatoms. The van der Waals surface area contributed by atoms with Crippen molar-refractivity contribution in [3.63, 3.8) is 0 Å². The van der Waals surface area contributed by atoms with Gasteiger partial charge in [0.15, 0.2) is 11.4 Å². The molecule has 5 aromatic rings. The van der Waals surface area contributed by atoms with Crippen molar-refractivity contribution in [2.75, 3.05) is 0 Å². The Labute approximate surface area is 191 Å². The van der Waals surface area contributed by atoms with Crippen molar-refractivity contribution in [1.29, 1.82) is 0 Å². The monoisotopic (exact) mass is 452 g/mol. The number of hydrogen-bond acceptors (Lipinski definition) is 6. The van der Waals surface area contributed by atoms with Crippen LogP contribution in [0.5, 0.6) is 11.8 Å². The third kappa shape index (κ3) is 3.79. The molecule has 4 N–H and O–H groups in total. The van der Waals surface area contributed by atoms with E-state index in [2.05, 4.69) is 30.4 Å². The molecule has 0 aliphatic heterocycles. The summed E-state index contributed by atoms with van der Waals surface area (Å²) in [7, 11) is 0. The molecule has 0 spiro atoms. The minimum absolute atomic E-state index is 0.164. The topological polar surface area (TPSA) is 156 Å². The number of amides is 2. The Hall–Kier alpha value is -5.12. The van der Waals surface area contributed by atoms with Gasteiger partial charge >= 0.3 is 0 Å². The Morgan fingerprint density at radius 1 is 0.588 bits per heavy atom. The number of aromatic nitrogens is 2. The minimum atomic E-state index is -0.644. The van der Waals surface area contributed by atoms with E-state index in [1.54, 1.807) is 48.5 Å². The number of benzene rings is 3. The molecule has 5 rings (SSSR count). The zero-order valence-electron chi connectivity index (χ0n) is 17.4. The van der Waals surface area contributed by atoms with E-state index in [0.717, 1.165) is 0 Å². The third-order valence-electron chi connectivity index (χ3n) is 5.18. The van der Waals surface area contributed by atoms with Gasteiger partial charge in [-0.1, -0.05) is 36.4 Å². The third-order valence-corrected chi connectivity index (χ3v) is 5.18. The minimum Gasteiger partial charge on any atom is -0.493 e. The van der Waals surface area contributed by atoms with Crippen LogP contribution in [-0.4, -0.2) is 32.0 Å². The Morgan fingerprint density at radius 2 is 0.971 bits per heavy atom. The molecular weight excluding hydrogens is 436 g/mol. The summed E-state index contributed by atoms with van der Waals surface area (Å²) in [6.07, 6.45) is 0. The van der Waals surface area contributed by atoms with Crippen LogP contribution in [0.4, 0.5) is 11.4 Å². The summed E-state index contributed by atoms with van der Waals surface area (Å²) in [5.74, 6) is -1.67. The number of fused-ring (bicyclic) bond motifs is 2. The first-order valence-electron chi connectivity index (χ1n) is 10.1. The van der Waals surface area contributed by atoms with E-state index >= 15 is 0 Å². The first kappa shape index (κ1) is 20.8. The molecule has 10 nitrogen and oxygen atoms in total. The molecule has 0 aliphatic carbocycles. The average molecular weight is 452 g/mol. The molecule has 0 aliphatic rings. The normalized spacial score (nSPS) is 11.8. The molecule has 166 valence electrons. The van der Waals surface area contributed by atoms with Gasteiger partial charge in [-0.05, 0) is 36.4 Å². The second-order valence-corrected chi connectivity index (χ2v) is 7.32. The number of para-hydroxylation sites is 2. The SMILES string of the molecule is O=C(N=Nc1c(O)[nH]c2ccccc12)c1ccc(C(=O)N=Nc2c(O)[nH]c3ccccc23)cc1. The van der Waals surface area contributed by atoms with Crippen molar-refractivity contribution in [2.45, 2.75) is 0 Å². The lowest BCUT2D eigenvalue weighted by Crippen LogP contribution is -1.97. The second-order valence-electron chi connectivity index (χ2n) is 7.32. The maximum Gasteiger partial charge on any atom is 0.295 e. The first-order chi connectivity index (χ1) is 16.5. The Kier molecular flexibility index (Phi) is 5.15. The average Bonchev–Trinajstić information content (AvgIpc) is 3.35. The van der Waals surface area contributed by atoms with Crippen LogP contribution < -0.4 is 0 Å². The van der Waals surface area contributed by atoms with E-state index in [-0.39, 0.29) is 34.3 Å². The van der Waals surface area contributed by atoms with Gasteiger partial charge < -0.3 is 20.2 Å². The fraction of sp³-hybridized carbons (Fsp3) is 0. The van der Waals surface area contributed by atoms with Gasteiger partial charge in [0.1, 0.15) is 0 Å². The highest BCUT2D eigenvalue weighted by Crippen LogP contribution is 2.36. The van der Waals surface area contributed by atoms with Crippen LogP contribution in [0.25, 0.3) is 21.8 Å². The summed E-state index contributed by atoms with van der Waals surface area (Å²) in [5.41, 5.74) is 2.06. The van der Waals surface area contributed by atoms with Crippen LogP contribution >= 0.6 is 0 Å². The van der Waals surface area contributed by atoms with Crippen molar-refractivity contribution in [2.24, 2.45) is 20.5 Å². The maximum atomic E-state index is 12.4. The molecule has 2 aromatic heterocycles. The number of nitrogens with zero attached hydrogens (tertiary/aromatic N) is 4. The van der Waals surface area contributed by atoms with E-state index in [0.29, 0.717) is 21.8 Å². The van der Waals surface area contributed by atoms with Crippen molar-refractivity contribution < 1.29 is 19.8 Å². The highest BCUT2D eigenvalue weighted by molar-refractivity contribution is 5.99. The van der Waals surface area contributed by atoms with Gasteiger partial charge in [-0.3, -0.25) is 9.59 Å². The molecule has 34 heavy (non-hydrogen) atoms. The van der Waals surface area contributed by atoms with Gasteiger partial charge in [-0.25, -0.2) is 0 Å². The van der Waals surface area contributed by atoms with Gasteiger partial charge in [0.05, 0.1) is 11.0 Å². The van der Waals surface area contributed by atoms with Gasteiger partial charge in [0.2, 0.25) is 11.8 Å². The van der Waals surface area contributed by atoms with Crippen LogP contribution in [0.3, 0.4) is 0 Å². The van der Waals surface area contributed by atoms with Crippen molar-refractivity contribution in [3.05, 3.63) is 83.9 Å². The number of carbonyl (C=O) groups is 2. The molecule has 0 unspecified atom stereocenters. The number of aromatic hydroxyl groups is 2. The maximum absolute atomic E-state index is 12.4. The van der Waals surface area contributed by atoms with E-state index in [9.17, 15) is 19.8 Å². The highest BCUT2D eigenvalue weighted by Gasteiger charge is 2.13. The molecule has 0 saturated carbocycles. The largest absolute Gasteiger partial charge is 0.493 e. The first-order valence-corrected chi connectivity index (χ1v) is 10.1. The molecule has 0 bridgehead atoms. The number of carbonyl (C=O) groups excluding carboxylic acids is 2. The smallest absolute Gasteiger partial charge is 0.295 e. The van der Waals surface area contributed by atoms with Crippen LogP contribution in [-0.2, 0) is 0 Å². The number of aromatic amines is 2. The summed E-state index contributed by atoms with van der Waals surface area (Å²) >= 11 is 0. The van der Waals surface area contributed by atoms with Crippen LogP contribution in [0.15, 0.2) is 93.3 Å². The second kappa shape index (κ2) is 8.43. The zero-order chi connectivity index (χ0) is 23.7. The van der Waals surface area contributed by atoms with E-state index < -0.39 is 11.8 Å². The molecule has 2 amide bonds. The fourth-order valence-corrected chi connectivity index (χ4v) is 3.49. The molecule has 0 radical (unpaired) electrons. The fourth-order valence-electron chi connectivity index (χ4n) is 3.49. The lowest BCUT2D eigenvalue weighted by molar-refractivity contribution is 0.0983. The van der Waals surface area contributed by atoms with Crippen molar-refractivity contribution in [3.8, 4) is 11.8 Å². The summed E-state index contributed by atoms with van der Waals surface area (Å²) in [5, 5.41) is 36.4. The van der Waals surface area contributed by atoms with Gasteiger partial charge in [0, 0.05) is 21.9 Å². The molecule has 0 fully saturated rings. The van der Waals surface area contributed by atoms with Crippen molar-refractivity contribution >= 4 is 45.0 Å². The van der Waals surface area contributed by atoms with Gasteiger partial charge in [-0.15, -0.1) is 20.5 Å². The quantitative estimate of drug-likeness (QED) is 0.250. The number of nitrogens with one attached hydrogen (secondary N) is 2. The summed E-state index contributed by atoms with van der Waals surface area (Å²) < 4.78 is 0. The lowest BCUT2D eigenvalue weighted by Gasteiger charge is -1.98. The molecule has 0 saturated heterocycles. The molecule has 3 aromatic carbocycles. The number of azo groups is 2.